The number of hydrogen-bond donors (Lipinski definition) is 1. The van der Waals surface area contributed by atoms with E-state index in [0.717, 1.165) is 38.1 Å². The number of amides is 1. The van der Waals surface area contributed by atoms with Gasteiger partial charge >= 0.3 is 5.97 Å². The van der Waals surface area contributed by atoms with E-state index in [1.165, 1.54) is 32.8 Å². The molecule has 0 spiro atoms. The Labute approximate surface area is 116 Å². The van der Waals surface area contributed by atoms with E-state index in [1.54, 1.807) is 0 Å². The predicted molar refractivity (Wildman–Crippen MR) is 74.7 cm³/mol. The lowest BCUT2D eigenvalue weighted by atomic mass is 10.0. The second-order valence-electron chi connectivity index (χ2n) is 5.43. The molecular weight excluding hydrogens is 242 g/mol. The minimum absolute atomic E-state index is 0.152. The third-order valence-corrected chi connectivity index (χ3v) is 3.86. The monoisotopic (exact) mass is 269 g/mol. The standard InChI is InChI=1S/C15H27NO3/c1-19-15(18)9-3-2-6-12-16-14(17)11-10-13-7-4-5-8-13/h13H,2-12H2,1H3,(H,16,17). The van der Waals surface area contributed by atoms with Gasteiger partial charge in [-0.2, -0.15) is 0 Å². The Kier molecular flexibility index (Phi) is 8.26. The van der Waals surface area contributed by atoms with E-state index in [9.17, 15) is 9.59 Å². The van der Waals surface area contributed by atoms with Gasteiger partial charge in [-0.1, -0.05) is 32.1 Å². The van der Waals surface area contributed by atoms with Crippen LogP contribution in [0.2, 0.25) is 0 Å². The molecule has 19 heavy (non-hydrogen) atoms. The highest BCUT2D eigenvalue weighted by Gasteiger charge is 2.15. The van der Waals surface area contributed by atoms with Gasteiger partial charge in [0.05, 0.1) is 7.11 Å². The highest BCUT2D eigenvalue weighted by molar-refractivity contribution is 5.75. The Morgan fingerprint density at radius 3 is 2.53 bits per heavy atom. The molecule has 0 aromatic heterocycles. The van der Waals surface area contributed by atoms with Crippen LogP contribution in [0.3, 0.4) is 0 Å². The summed E-state index contributed by atoms with van der Waals surface area (Å²) in [5, 5.41) is 2.95. The van der Waals surface area contributed by atoms with Crippen molar-refractivity contribution in [2.75, 3.05) is 13.7 Å². The van der Waals surface area contributed by atoms with Crippen molar-refractivity contribution in [3.63, 3.8) is 0 Å². The van der Waals surface area contributed by atoms with E-state index in [-0.39, 0.29) is 11.9 Å². The zero-order valence-electron chi connectivity index (χ0n) is 12.1. The number of hydrogen-bond acceptors (Lipinski definition) is 3. The van der Waals surface area contributed by atoms with Crippen LogP contribution in [0, 0.1) is 5.92 Å². The maximum atomic E-state index is 11.6. The van der Waals surface area contributed by atoms with Gasteiger partial charge in [0.2, 0.25) is 5.91 Å². The molecule has 0 saturated heterocycles. The molecule has 0 aliphatic heterocycles. The van der Waals surface area contributed by atoms with E-state index >= 15 is 0 Å². The maximum absolute atomic E-state index is 11.6. The van der Waals surface area contributed by atoms with Gasteiger partial charge in [-0.3, -0.25) is 9.59 Å². The molecule has 1 amide bonds. The van der Waals surface area contributed by atoms with Gasteiger partial charge in [0.1, 0.15) is 0 Å². The summed E-state index contributed by atoms with van der Waals surface area (Å²) in [6.45, 7) is 0.727. The van der Waals surface area contributed by atoms with Crippen LogP contribution in [0.4, 0.5) is 0 Å². The van der Waals surface area contributed by atoms with Crippen molar-refractivity contribution in [2.45, 2.75) is 64.2 Å². The number of rotatable bonds is 9. The van der Waals surface area contributed by atoms with Crippen LogP contribution in [0.1, 0.15) is 64.2 Å². The Morgan fingerprint density at radius 2 is 1.84 bits per heavy atom. The van der Waals surface area contributed by atoms with E-state index < -0.39 is 0 Å². The Hall–Kier alpha value is -1.06. The summed E-state index contributed by atoms with van der Waals surface area (Å²) >= 11 is 0. The van der Waals surface area contributed by atoms with Gasteiger partial charge in [-0.25, -0.2) is 0 Å². The molecule has 0 aromatic carbocycles. The number of methoxy groups -OCH3 is 1. The summed E-state index contributed by atoms with van der Waals surface area (Å²) in [5.74, 6) is 0.811. The maximum Gasteiger partial charge on any atom is 0.305 e. The fourth-order valence-corrected chi connectivity index (χ4v) is 2.62. The fraction of sp³-hybridized carbons (Fsp3) is 0.867. The largest absolute Gasteiger partial charge is 0.469 e. The number of nitrogens with one attached hydrogen (secondary N) is 1. The smallest absolute Gasteiger partial charge is 0.305 e. The number of ether oxygens (including phenoxy) is 1. The predicted octanol–water partition coefficient (Wildman–Crippen LogP) is 2.81. The topological polar surface area (TPSA) is 55.4 Å². The minimum atomic E-state index is -0.152. The first kappa shape index (κ1) is 16.0. The molecule has 1 aliphatic rings. The van der Waals surface area contributed by atoms with Crippen molar-refractivity contribution < 1.29 is 14.3 Å². The molecular formula is C15H27NO3. The Morgan fingerprint density at radius 1 is 1.11 bits per heavy atom. The lowest BCUT2D eigenvalue weighted by Gasteiger charge is -2.09. The lowest BCUT2D eigenvalue weighted by molar-refractivity contribution is -0.140. The number of esters is 1. The lowest BCUT2D eigenvalue weighted by Crippen LogP contribution is -2.24. The highest BCUT2D eigenvalue weighted by atomic mass is 16.5. The van der Waals surface area contributed by atoms with Crippen LogP contribution >= 0.6 is 0 Å². The molecule has 1 aliphatic carbocycles. The fourth-order valence-electron chi connectivity index (χ4n) is 2.62. The van der Waals surface area contributed by atoms with E-state index in [1.807, 2.05) is 0 Å². The quantitative estimate of drug-likeness (QED) is 0.517. The van der Waals surface area contributed by atoms with Crippen molar-refractivity contribution in [1.29, 1.82) is 0 Å². The average molecular weight is 269 g/mol. The van der Waals surface area contributed by atoms with E-state index in [0.29, 0.717) is 12.8 Å². The average Bonchev–Trinajstić information content (AvgIpc) is 2.93. The van der Waals surface area contributed by atoms with Crippen LogP contribution in [-0.2, 0) is 14.3 Å². The van der Waals surface area contributed by atoms with Gasteiger partial charge in [0, 0.05) is 19.4 Å². The first-order valence-electron chi connectivity index (χ1n) is 7.56. The van der Waals surface area contributed by atoms with E-state index in [2.05, 4.69) is 10.1 Å². The summed E-state index contributed by atoms with van der Waals surface area (Å²) in [6, 6.07) is 0. The molecule has 0 unspecified atom stereocenters. The van der Waals surface area contributed by atoms with Crippen molar-refractivity contribution in [3.05, 3.63) is 0 Å². The SMILES string of the molecule is COC(=O)CCCCCNC(=O)CCC1CCCC1. The summed E-state index contributed by atoms with van der Waals surface area (Å²) < 4.78 is 4.57. The molecule has 0 radical (unpaired) electrons. The molecule has 0 bridgehead atoms. The van der Waals surface area contributed by atoms with Gasteiger partial charge in [0.25, 0.3) is 0 Å². The van der Waals surface area contributed by atoms with Crippen molar-refractivity contribution in [2.24, 2.45) is 5.92 Å². The zero-order chi connectivity index (χ0) is 13.9. The molecule has 110 valence electrons. The van der Waals surface area contributed by atoms with Crippen LogP contribution in [0.5, 0.6) is 0 Å². The Balaban J connectivity index is 1.88. The number of carbonyl (C=O) groups is 2. The first-order chi connectivity index (χ1) is 9.22. The molecule has 4 heteroatoms. The zero-order valence-corrected chi connectivity index (χ0v) is 12.1. The van der Waals surface area contributed by atoms with Gasteiger partial charge in [-0.15, -0.1) is 0 Å². The summed E-state index contributed by atoms with van der Waals surface area (Å²) in [7, 11) is 1.41. The summed E-state index contributed by atoms with van der Waals surface area (Å²) in [4.78, 5) is 22.5. The van der Waals surface area contributed by atoms with E-state index in [4.69, 9.17) is 0 Å². The van der Waals surface area contributed by atoms with Crippen LogP contribution in [-0.4, -0.2) is 25.5 Å². The third-order valence-electron chi connectivity index (χ3n) is 3.86. The first-order valence-corrected chi connectivity index (χ1v) is 7.56. The van der Waals surface area contributed by atoms with Crippen molar-refractivity contribution >= 4 is 11.9 Å². The molecule has 0 aromatic rings. The summed E-state index contributed by atoms with van der Waals surface area (Å²) in [5.41, 5.74) is 0. The second kappa shape index (κ2) is 9.82. The molecule has 1 rings (SSSR count). The molecule has 1 N–H and O–H groups in total. The number of unbranched alkanes of at least 4 members (excludes halogenated alkanes) is 2. The highest BCUT2D eigenvalue weighted by Crippen LogP contribution is 2.28. The van der Waals surface area contributed by atoms with Gasteiger partial charge in [0.15, 0.2) is 0 Å². The van der Waals surface area contributed by atoms with Gasteiger partial charge < -0.3 is 10.1 Å². The van der Waals surface area contributed by atoms with Crippen molar-refractivity contribution in [1.82, 2.24) is 5.32 Å². The van der Waals surface area contributed by atoms with Crippen molar-refractivity contribution in [3.8, 4) is 0 Å². The van der Waals surface area contributed by atoms with Crippen LogP contribution in [0.25, 0.3) is 0 Å². The van der Waals surface area contributed by atoms with Crippen LogP contribution < -0.4 is 5.32 Å². The number of carbonyl (C=O) groups excluding carboxylic acids is 2. The van der Waals surface area contributed by atoms with Crippen LogP contribution in [0.15, 0.2) is 0 Å². The molecule has 0 heterocycles. The molecule has 1 fully saturated rings. The Bertz CT molecular complexity index is 273. The third kappa shape index (κ3) is 7.85. The van der Waals surface area contributed by atoms with Gasteiger partial charge in [-0.05, 0) is 25.2 Å². The molecule has 4 nitrogen and oxygen atoms in total. The normalized spacial score (nSPS) is 15.4. The molecule has 1 saturated carbocycles. The minimum Gasteiger partial charge on any atom is -0.469 e. The molecule has 0 atom stereocenters. The second-order valence-corrected chi connectivity index (χ2v) is 5.43. The summed E-state index contributed by atoms with van der Waals surface area (Å²) in [6.07, 6.45) is 10.2.